The van der Waals surface area contributed by atoms with Crippen LogP contribution in [0.4, 0.5) is 0 Å². The Hall–Kier alpha value is -1.97. The van der Waals surface area contributed by atoms with Gasteiger partial charge in [-0.3, -0.25) is 4.79 Å². The van der Waals surface area contributed by atoms with Gasteiger partial charge in [0.05, 0.1) is 12.7 Å². The molecular formula is C16H12Cl2O3. The highest BCUT2D eigenvalue weighted by atomic mass is 35.5. The standard InChI is InChI=1S/C16H12Cl2O3/c1-21-10-5-6-12(16(20)9-10)15(19)8-7-11-13(17)3-2-4-14(11)18/h2-9,20H,1H3/b8-7+. The second-order valence-corrected chi connectivity index (χ2v) is 5.03. The van der Waals surface area contributed by atoms with E-state index in [1.807, 2.05) is 0 Å². The van der Waals surface area contributed by atoms with Gasteiger partial charge in [-0.25, -0.2) is 0 Å². The van der Waals surface area contributed by atoms with Crippen LogP contribution >= 0.6 is 23.2 Å². The van der Waals surface area contributed by atoms with Gasteiger partial charge in [0.15, 0.2) is 5.78 Å². The Bertz CT molecular complexity index is 688. The maximum absolute atomic E-state index is 12.1. The van der Waals surface area contributed by atoms with E-state index in [0.717, 1.165) is 0 Å². The highest BCUT2D eigenvalue weighted by molar-refractivity contribution is 6.37. The van der Waals surface area contributed by atoms with E-state index >= 15 is 0 Å². The number of allylic oxidation sites excluding steroid dienone is 1. The van der Waals surface area contributed by atoms with Crippen molar-refractivity contribution in [3.05, 3.63) is 63.6 Å². The lowest BCUT2D eigenvalue weighted by Gasteiger charge is -2.04. The molecule has 0 aromatic heterocycles. The van der Waals surface area contributed by atoms with Crippen LogP contribution in [0.5, 0.6) is 11.5 Å². The summed E-state index contributed by atoms with van der Waals surface area (Å²) < 4.78 is 4.97. The molecule has 0 radical (unpaired) electrons. The largest absolute Gasteiger partial charge is 0.507 e. The summed E-state index contributed by atoms with van der Waals surface area (Å²) in [6, 6.07) is 9.56. The molecule has 5 heteroatoms. The van der Waals surface area contributed by atoms with E-state index in [1.165, 1.54) is 31.4 Å². The first-order valence-corrected chi connectivity index (χ1v) is 6.82. The lowest BCUT2D eigenvalue weighted by Crippen LogP contribution is -1.95. The molecule has 2 aromatic rings. The van der Waals surface area contributed by atoms with Crippen LogP contribution in [0, 0.1) is 0 Å². The number of carbonyl (C=O) groups is 1. The highest BCUT2D eigenvalue weighted by Crippen LogP contribution is 2.27. The molecule has 0 unspecified atom stereocenters. The van der Waals surface area contributed by atoms with Gasteiger partial charge in [0.2, 0.25) is 0 Å². The molecule has 0 amide bonds. The molecule has 2 rings (SSSR count). The summed E-state index contributed by atoms with van der Waals surface area (Å²) in [4.78, 5) is 12.1. The van der Waals surface area contributed by atoms with Crippen molar-refractivity contribution < 1.29 is 14.6 Å². The Labute approximate surface area is 132 Å². The minimum Gasteiger partial charge on any atom is -0.507 e. The van der Waals surface area contributed by atoms with E-state index < -0.39 is 0 Å². The van der Waals surface area contributed by atoms with Crippen molar-refractivity contribution in [2.24, 2.45) is 0 Å². The molecule has 0 atom stereocenters. The molecule has 0 saturated carbocycles. The predicted molar refractivity (Wildman–Crippen MR) is 84.5 cm³/mol. The van der Waals surface area contributed by atoms with Crippen LogP contribution < -0.4 is 4.74 Å². The number of methoxy groups -OCH3 is 1. The van der Waals surface area contributed by atoms with Crippen LogP contribution in [0.15, 0.2) is 42.5 Å². The molecule has 0 aliphatic carbocycles. The van der Waals surface area contributed by atoms with Crippen molar-refractivity contribution in [2.45, 2.75) is 0 Å². The van der Waals surface area contributed by atoms with E-state index in [-0.39, 0.29) is 17.1 Å². The highest BCUT2D eigenvalue weighted by Gasteiger charge is 2.10. The van der Waals surface area contributed by atoms with E-state index in [9.17, 15) is 9.90 Å². The minimum atomic E-state index is -0.355. The van der Waals surface area contributed by atoms with Crippen molar-refractivity contribution in [3.63, 3.8) is 0 Å². The zero-order chi connectivity index (χ0) is 15.4. The molecule has 21 heavy (non-hydrogen) atoms. The van der Waals surface area contributed by atoms with Crippen LogP contribution in [0.1, 0.15) is 15.9 Å². The molecule has 0 saturated heterocycles. The average molecular weight is 323 g/mol. The number of aromatic hydroxyl groups is 1. The SMILES string of the molecule is COc1ccc(C(=O)/C=C/c2c(Cl)cccc2Cl)c(O)c1. The Morgan fingerprint density at radius 2 is 1.86 bits per heavy atom. The van der Waals surface area contributed by atoms with Crippen molar-refractivity contribution >= 4 is 35.1 Å². The topological polar surface area (TPSA) is 46.5 Å². The molecule has 0 aliphatic rings. The number of rotatable bonds is 4. The summed E-state index contributed by atoms with van der Waals surface area (Å²) in [6.07, 6.45) is 2.84. The fourth-order valence-electron chi connectivity index (χ4n) is 1.77. The summed E-state index contributed by atoms with van der Waals surface area (Å²) in [7, 11) is 1.48. The van der Waals surface area contributed by atoms with E-state index in [4.69, 9.17) is 27.9 Å². The number of benzene rings is 2. The summed E-state index contributed by atoms with van der Waals surface area (Å²) in [6.45, 7) is 0. The first-order valence-electron chi connectivity index (χ1n) is 6.06. The summed E-state index contributed by atoms with van der Waals surface area (Å²) in [5.74, 6) is -0.0254. The van der Waals surface area contributed by atoms with E-state index in [2.05, 4.69) is 0 Å². The van der Waals surface area contributed by atoms with Gasteiger partial charge in [-0.05, 0) is 36.4 Å². The lowest BCUT2D eigenvalue weighted by atomic mass is 10.1. The Morgan fingerprint density at radius 1 is 1.19 bits per heavy atom. The zero-order valence-electron chi connectivity index (χ0n) is 11.1. The molecule has 0 aliphatic heterocycles. The van der Waals surface area contributed by atoms with Crippen LogP contribution in [-0.4, -0.2) is 18.0 Å². The number of halogens is 2. The number of phenolic OH excluding ortho intramolecular Hbond substituents is 1. The van der Waals surface area contributed by atoms with Crippen LogP contribution in [0.2, 0.25) is 10.0 Å². The maximum Gasteiger partial charge on any atom is 0.189 e. The average Bonchev–Trinajstić information content (AvgIpc) is 2.46. The molecule has 0 fully saturated rings. The monoisotopic (exact) mass is 322 g/mol. The van der Waals surface area contributed by atoms with Gasteiger partial charge in [0, 0.05) is 21.7 Å². The molecule has 3 nitrogen and oxygen atoms in total. The van der Waals surface area contributed by atoms with Crippen molar-refractivity contribution in [1.29, 1.82) is 0 Å². The molecule has 0 bridgehead atoms. The first-order chi connectivity index (χ1) is 10.0. The molecule has 0 spiro atoms. The summed E-state index contributed by atoms with van der Waals surface area (Å²) in [5.41, 5.74) is 0.734. The van der Waals surface area contributed by atoms with E-state index in [1.54, 1.807) is 24.3 Å². The Kier molecular flexibility index (Phi) is 4.89. The number of hydrogen-bond acceptors (Lipinski definition) is 3. The second kappa shape index (κ2) is 6.66. The third-order valence-corrected chi connectivity index (χ3v) is 3.53. The number of ether oxygens (including phenoxy) is 1. The minimum absolute atomic E-state index is 0.144. The summed E-state index contributed by atoms with van der Waals surface area (Å²) in [5, 5.41) is 10.7. The third kappa shape index (κ3) is 3.57. The molecule has 108 valence electrons. The lowest BCUT2D eigenvalue weighted by molar-refractivity contribution is 0.104. The van der Waals surface area contributed by atoms with E-state index in [0.29, 0.717) is 21.4 Å². The fraction of sp³-hybridized carbons (Fsp3) is 0.0625. The van der Waals surface area contributed by atoms with Gasteiger partial charge < -0.3 is 9.84 Å². The number of hydrogen-bond donors (Lipinski definition) is 1. The molecular weight excluding hydrogens is 311 g/mol. The van der Waals surface area contributed by atoms with Crippen LogP contribution in [-0.2, 0) is 0 Å². The number of carbonyl (C=O) groups excluding carboxylic acids is 1. The van der Waals surface area contributed by atoms with Gasteiger partial charge >= 0.3 is 0 Å². The van der Waals surface area contributed by atoms with Gasteiger partial charge in [0.1, 0.15) is 11.5 Å². The number of ketones is 1. The maximum atomic E-state index is 12.1. The quantitative estimate of drug-likeness (QED) is 0.660. The van der Waals surface area contributed by atoms with Gasteiger partial charge in [0.25, 0.3) is 0 Å². The van der Waals surface area contributed by atoms with Crippen molar-refractivity contribution in [1.82, 2.24) is 0 Å². The Balaban J connectivity index is 2.28. The first kappa shape index (κ1) is 15.4. The number of phenols is 1. The zero-order valence-corrected chi connectivity index (χ0v) is 12.7. The second-order valence-electron chi connectivity index (χ2n) is 4.22. The Morgan fingerprint density at radius 3 is 2.43 bits per heavy atom. The third-order valence-electron chi connectivity index (χ3n) is 2.87. The summed E-state index contributed by atoms with van der Waals surface area (Å²) >= 11 is 12.0. The molecule has 2 aromatic carbocycles. The normalized spacial score (nSPS) is 10.8. The van der Waals surface area contributed by atoms with Crippen LogP contribution in [0.3, 0.4) is 0 Å². The van der Waals surface area contributed by atoms with Crippen molar-refractivity contribution in [2.75, 3.05) is 7.11 Å². The smallest absolute Gasteiger partial charge is 0.189 e. The van der Waals surface area contributed by atoms with Gasteiger partial charge in [-0.2, -0.15) is 0 Å². The van der Waals surface area contributed by atoms with Crippen molar-refractivity contribution in [3.8, 4) is 11.5 Å². The van der Waals surface area contributed by atoms with Gasteiger partial charge in [-0.15, -0.1) is 0 Å². The predicted octanol–water partition coefficient (Wildman–Crippen LogP) is 4.60. The van der Waals surface area contributed by atoms with Crippen LogP contribution in [0.25, 0.3) is 6.08 Å². The molecule has 1 N–H and O–H groups in total. The fourth-order valence-corrected chi connectivity index (χ4v) is 2.29. The van der Waals surface area contributed by atoms with Gasteiger partial charge in [-0.1, -0.05) is 29.3 Å². The molecule has 0 heterocycles.